The summed E-state index contributed by atoms with van der Waals surface area (Å²) in [6.45, 7) is 3.70. The minimum atomic E-state index is -0.600. The predicted octanol–water partition coefficient (Wildman–Crippen LogP) is 7.62. The van der Waals surface area contributed by atoms with Crippen LogP contribution < -0.4 is 0 Å². The van der Waals surface area contributed by atoms with Gasteiger partial charge < -0.3 is 24.0 Å². The summed E-state index contributed by atoms with van der Waals surface area (Å²) in [5.74, 6) is -0.463. The van der Waals surface area contributed by atoms with E-state index in [0.29, 0.717) is 17.5 Å². The zero-order valence-corrected chi connectivity index (χ0v) is 35.1. The minimum absolute atomic E-state index is 0.0840. The minimum Gasteiger partial charge on any atom is -0.353 e. The van der Waals surface area contributed by atoms with Gasteiger partial charge in [0.25, 0.3) is 11.8 Å². The highest BCUT2D eigenvalue weighted by Crippen LogP contribution is 2.29. The lowest BCUT2D eigenvalue weighted by Crippen LogP contribution is -2.29. The molecule has 2 aromatic carbocycles. The Balaban J connectivity index is 0.000000245. The molecule has 5 rings (SSSR count). The van der Waals surface area contributed by atoms with Gasteiger partial charge in [-0.1, -0.05) is 157 Å². The Bertz CT molecular complexity index is 1560. The quantitative estimate of drug-likeness (QED) is 0.0595. The Hall–Kier alpha value is -4.06. The number of amides is 2. The molecule has 0 aliphatic carbocycles. The third kappa shape index (κ3) is 17.1. The lowest BCUT2D eigenvalue weighted by atomic mass is 10.0. The molecule has 0 spiro atoms. The number of carbonyl (C=O) groups is 6. The number of rotatable bonds is 24. The van der Waals surface area contributed by atoms with E-state index in [4.69, 9.17) is 14.2 Å². The second kappa shape index (κ2) is 25.3. The van der Waals surface area contributed by atoms with Crippen LogP contribution in [-0.2, 0) is 33.4 Å². The van der Waals surface area contributed by atoms with Crippen LogP contribution in [0.1, 0.15) is 137 Å². The van der Waals surface area contributed by atoms with Crippen molar-refractivity contribution in [1.82, 2.24) is 9.80 Å². The molecule has 3 aliphatic heterocycles. The standard InChI is InChI=1S/C23H43NO3.C12H13NO3.C11H10O3/c1-4-5-6-7-8-9-10-11-12-13-14-15-16-17-18-19-20(25)21-22(27-21)23(26)24(2)3;1-13(2)12(15)11-10(16-11)9(14)8-6-4-3-5-7-8;1-7(12)10-11(14-10)9(13)8-5-3-2-4-6-8/h21-22H,4-19H2,1-3H3;3-7,10-11H,1-2H3;2-6,10-11H,1H3. The van der Waals surface area contributed by atoms with Crippen LogP contribution in [0.2, 0.25) is 0 Å². The van der Waals surface area contributed by atoms with Crippen molar-refractivity contribution in [3.05, 3.63) is 71.8 Å². The summed E-state index contributed by atoms with van der Waals surface area (Å²) in [5.41, 5.74) is 1.18. The van der Waals surface area contributed by atoms with E-state index in [9.17, 15) is 28.8 Å². The number of ketones is 4. The fourth-order valence-electron chi connectivity index (χ4n) is 6.52. The van der Waals surface area contributed by atoms with E-state index in [0.717, 1.165) is 12.8 Å². The molecule has 3 heterocycles. The zero-order chi connectivity index (χ0) is 41.7. The van der Waals surface area contributed by atoms with Crippen molar-refractivity contribution in [3.63, 3.8) is 0 Å². The van der Waals surface area contributed by atoms with E-state index in [1.165, 1.54) is 100 Å². The Labute approximate surface area is 340 Å². The number of unbranched alkanes of at least 4 members (excludes halogenated alkanes) is 14. The summed E-state index contributed by atoms with van der Waals surface area (Å²) in [5, 5.41) is 0. The van der Waals surface area contributed by atoms with Crippen LogP contribution in [0.25, 0.3) is 0 Å². The largest absolute Gasteiger partial charge is 0.353 e. The molecule has 6 unspecified atom stereocenters. The van der Waals surface area contributed by atoms with Crippen LogP contribution in [-0.4, -0.2) is 110 Å². The van der Waals surface area contributed by atoms with Gasteiger partial charge >= 0.3 is 0 Å². The number of hydrogen-bond acceptors (Lipinski definition) is 9. The number of ether oxygens (including phenoxy) is 3. The van der Waals surface area contributed by atoms with Crippen molar-refractivity contribution in [3.8, 4) is 0 Å². The molecule has 3 saturated heterocycles. The lowest BCUT2D eigenvalue weighted by molar-refractivity contribution is -0.130. The summed E-state index contributed by atoms with van der Waals surface area (Å²) >= 11 is 0. The Morgan fingerprint density at radius 3 is 1.16 bits per heavy atom. The van der Waals surface area contributed by atoms with Crippen LogP contribution in [0.4, 0.5) is 0 Å². The van der Waals surface area contributed by atoms with E-state index in [1.54, 1.807) is 76.7 Å². The van der Waals surface area contributed by atoms with Crippen molar-refractivity contribution >= 4 is 34.9 Å². The Kier molecular flexibility index (Phi) is 21.0. The van der Waals surface area contributed by atoms with Gasteiger partial charge in [0, 0.05) is 45.7 Å². The molecule has 0 N–H and O–H groups in total. The second-order valence-corrected chi connectivity index (χ2v) is 15.6. The first-order valence-electron chi connectivity index (χ1n) is 21.0. The predicted molar refractivity (Wildman–Crippen MR) is 220 cm³/mol. The number of hydrogen-bond donors (Lipinski definition) is 0. The molecule has 2 aromatic rings. The molecule has 0 saturated carbocycles. The Morgan fingerprint density at radius 1 is 0.456 bits per heavy atom. The molecule has 0 aromatic heterocycles. The highest BCUT2D eigenvalue weighted by molar-refractivity contribution is 6.06. The summed E-state index contributed by atoms with van der Waals surface area (Å²) in [4.78, 5) is 72.5. The first-order chi connectivity index (χ1) is 27.4. The van der Waals surface area contributed by atoms with Gasteiger partial charge in [0.2, 0.25) is 0 Å². The molecule has 11 nitrogen and oxygen atoms in total. The highest BCUT2D eigenvalue weighted by Gasteiger charge is 2.51. The smallest absolute Gasteiger partial charge is 0.254 e. The van der Waals surface area contributed by atoms with E-state index in [1.807, 2.05) is 12.1 Å². The summed E-state index contributed by atoms with van der Waals surface area (Å²) in [6, 6.07) is 17.7. The van der Waals surface area contributed by atoms with Gasteiger partial charge in [0.1, 0.15) is 0 Å². The van der Waals surface area contributed by atoms with Crippen molar-refractivity contribution in [1.29, 1.82) is 0 Å². The molecule has 6 atom stereocenters. The Morgan fingerprint density at radius 2 is 0.789 bits per heavy atom. The molecule has 0 bridgehead atoms. The van der Waals surface area contributed by atoms with Crippen molar-refractivity contribution < 1.29 is 43.0 Å². The lowest BCUT2D eigenvalue weighted by Gasteiger charge is -2.06. The van der Waals surface area contributed by atoms with Crippen LogP contribution in [0, 0.1) is 0 Å². The molecular formula is C46H66N2O9. The number of Topliss-reactive ketones (excluding diaryl/α,β-unsaturated/α-hetero) is 4. The monoisotopic (exact) mass is 790 g/mol. The maximum Gasteiger partial charge on any atom is 0.254 e. The zero-order valence-electron chi connectivity index (χ0n) is 35.1. The SMILES string of the molecule is CC(=O)C1OC1C(=O)c1ccccc1.CCCCCCCCCCCCCCCCCC(=O)C1OC1C(=O)N(C)C.CN(C)C(=O)C1OC1C(=O)c1ccccc1. The maximum atomic E-state index is 12.0. The molecule has 3 aliphatic rings. The number of likely N-dealkylation sites (N-methyl/N-ethyl adjacent to an activating group) is 2. The summed E-state index contributed by atoms with van der Waals surface area (Å²) in [6.07, 6.45) is 17.2. The second-order valence-electron chi connectivity index (χ2n) is 15.6. The van der Waals surface area contributed by atoms with Gasteiger partial charge in [-0.05, 0) is 13.3 Å². The number of nitrogens with zero attached hydrogens (tertiary/aromatic N) is 2. The van der Waals surface area contributed by atoms with Gasteiger partial charge in [0.05, 0.1) is 0 Å². The van der Waals surface area contributed by atoms with E-state index in [2.05, 4.69) is 6.92 Å². The molecule has 314 valence electrons. The topological polar surface area (TPSA) is 146 Å². The van der Waals surface area contributed by atoms with Crippen molar-refractivity contribution in [2.45, 2.75) is 153 Å². The van der Waals surface area contributed by atoms with Crippen LogP contribution in [0.15, 0.2) is 60.7 Å². The highest BCUT2D eigenvalue weighted by atomic mass is 16.6. The maximum absolute atomic E-state index is 12.0. The van der Waals surface area contributed by atoms with Crippen LogP contribution in [0.5, 0.6) is 0 Å². The van der Waals surface area contributed by atoms with Gasteiger partial charge in [0.15, 0.2) is 59.8 Å². The van der Waals surface area contributed by atoms with E-state index >= 15 is 0 Å². The molecule has 11 heteroatoms. The fraction of sp³-hybridized carbons (Fsp3) is 0.609. The van der Waals surface area contributed by atoms with Crippen LogP contribution >= 0.6 is 0 Å². The van der Waals surface area contributed by atoms with Gasteiger partial charge in [-0.15, -0.1) is 0 Å². The molecular weight excluding hydrogens is 725 g/mol. The fourth-order valence-corrected chi connectivity index (χ4v) is 6.52. The third-order valence-electron chi connectivity index (χ3n) is 10.2. The number of carbonyl (C=O) groups excluding carboxylic acids is 6. The first kappa shape index (κ1) is 47.3. The van der Waals surface area contributed by atoms with Crippen molar-refractivity contribution in [2.24, 2.45) is 0 Å². The number of epoxide rings is 3. The average molecular weight is 791 g/mol. The van der Waals surface area contributed by atoms with Crippen LogP contribution in [0.3, 0.4) is 0 Å². The van der Waals surface area contributed by atoms with Gasteiger partial charge in [-0.2, -0.15) is 0 Å². The molecule has 0 radical (unpaired) electrons. The van der Waals surface area contributed by atoms with E-state index in [-0.39, 0.29) is 34.9 Å². The molecule has 3 fully saturated rings. The third-order valence-corrected chi connectivity index (χ3v) is 10.2. The molecule has 2 amide bonds. The number of benzene rings is 2. The average Bonchev–Trinajstić information content (AvgIpc) is 4.09. The van der Waals surface area contributed by atoms with Gasteiger partial charge in [-0.25, -0.2) is 0 Å². The first-order valence-corrected chi connectivity index (χ1v) is 21.0. The van der Waals surface area contributed by atoms with E-state index < -0.39 is 36.6 Å². The normalized spacial score (nSPS) is 21.1. The van der Waals surface area contributed by atoms with Crippen molar-refractivity contribution in [2.75, 3.05) is 28.2 Å². The summed E-state index contributed by atoms with van der Waals surface area (Å²) < 4.78 is 15.3. The summed E-state index contributed by atoms with van der Waals surface area (Å²) in [7, 11) is 6.68. The molecule has 57 heavy (non-hydrogen) atoms. The van der Waals surface area contributed by atoms with Gasteiger partial charge in [-0.3, -0.25) is 28.8 Å².